The number of rotatable bonds is 1. The highest BCUT2D eigenvalue weighted by Gasteiger charge is 2.05. The van der Waals surface area contributed by atoms with Gasteiger partial charge < -0.3 is 0 Å². The Balaban J connectivity index is 2.31. The van der Waals surface area contributed by atoms with Gasteiger partial charge in [-0.1, -0.05) is 12.1 Å². The van der Waals surface area contributed by atoms with Crippen LogP contribution in [0.4, 0.5) is 0 Å². The van der Waals surface area contributed by atoms with Gasteiger partial charge in [0.15, 0.2) is 5.65 Å². The van der Waals surface area contributed by atoms with Gasteiger partial charge in [0.2, 0.25) is 0 Å². The molecule has 72 valence electrons. The first-order valence-electron chi connectivity index (χ1n) is 4.54. The predicted octanol–water partition coefficient (Wildman–Crippen LogP) is 1.19. The van der Waals surface area contributed by atoms with Crippen LogP contribution >= 0.6 is 0 Å². The minimum atomic E-state index is 0.721. The number of pyridine rings is 2. The molecule has 3 aromatic rings. The van der Waals surface area contributed by atoms with Crippen molar-refractivity contribution in [1.29, 1.82) is 0 Å². The van der Waals surface area contributed by atoms with Gasteiger partial charge in [-0.25, -0.2) is 0 Å². The van der Waals surface area contributed by atoms with Crippen molar-refractivity contribution in [3.05, 3.63) is 42.6 Å². The quantitative estimate of drug-likeness (QED) is 0.588. The van der Waals surface area contributed by atoms with Crippen LogP contribution in [0, 0.1) is 0 Å². The Morgan fingerprint density at radius 1 is 1.00 bits per heavy atom. The van der Waals surface area contributed by atoms with Crippen molar-refractivity contribution in [3.63, 3.8) is 0 Å². The maximum atomic E-state index is 4.26. The normalized spacial score (nSPS) is 10.7. The number of hydrogen-bond acceptors (Lipinski definition) is 4. The highest BCUT2D eigenvalue weighted by molar-refractivity contribution is 5.58. The van der Waals surface area contributed by atoms with E-state index in [0.717, 1.165) is 17.0 Å². The van der Waals surface area contributed by atoms with E-state index < -0.39 is 0 Å². The molecule has 5 heteroatoms. The molecule has 0 aromatic carbocycles. The minimum absolute atomic E-state index is 0.721. The van der Waals surface area contributed by atoms with E-state index in [-0.39, 0.29) is 0 Å². The van der Waals surface area contributed by atoms with E-state index in [4.69, 9.17) is 0 Å². The van der Waals surface area contributed by atoms with Crippen LogP contribution in [0.2, 0.25) is 0 Å². The van der Waals surface area contributed by atoms with Crippen molar-refractivity contribution in [3.8, 4) is 11.4 Å². The molecule has 0 unspecified atom stereocenters. The second-order valence-electron chi connectivity index (χ2n) is 3.07. The molecule has 0 aliphatic carbocycles. The second kappa shape index (κ2) is 3.13. The first-order chi connectivity index (χ1) is 7.45. The Bertz CT molecular complexity index is 587. The van der Waals surface area contributed by atoms with Crippen LogP contribution in [-0.4, -0.2) is 25.0 Å². The van der Waals surface area contributed by atoms with E-state index >= 15 is 0 Å². The minimum Gasteiger partial charge on any atom is -0.255 e. The van der Waals surface area contributed by atoms with Gasteiger partial charge in [-0.2, -0.15) is 4.52 Å². The van der Waals surface area contributed by atoms with Gasteiger partial charge in [-0.05, 0) is 34.7 Å². The standard InChI is InChI=1S/C10H7N5/c1-2-7-11-8(4-1)9-5-3-6-10-12-13-14-15(9)10/h1-7H. The lowest BCUT2D eigenvalue weighted by atomic mass is 10.2. The Labute approximate surface area is 85.4 Å². The summed E-state index contributed by atoms with van der Waals surface area (Å²) in [4.78, 5) is 4.26. The Kier molecular flexibility index (Phi) is 1.68. The van der Waals surface area contributed by atoms with Crippen molar-refractivity contribution in [2.45, 2.75) is 0 Å². The first-order valence-corrected chi connectivity index (χ1v) is 4.54. The third kappa shape index (κ3) is 1.25. The van der Waals surface area contributed by atoms with Crippen LogP contribution in [0.1, 0.15) is 0 Å². The lowest BCUT2D eigenvalue weighted by molar-refractivity contribution is 0.826. The fraction of sp³-hybridized carbons (Fsp3) is 0. The average molecular weight is 197 g/mol. The van der Waals surface area contributed by atoms with Crippen LogP contribution < -0.4 is 0 Å². The molecule has 3 heterocycles. The Morgan fingerprint density at radius 2 is 2.00 bits per heavy atom. The highest BCUT2D eigenvalue weighted by atomic mass is 15.5. The summed E-state index contributed by atoms with van der Waals surface area (Å²) in [6.07, 6.45) is 1.75. The smallest absolute Gasteiger partial charge is 0.180 e. The van der Waals surface area contributed by atoms with Gasteiger partial charge >= 0.3 is 0 Å². The van der Waals surface area contributed by atoms with E-state index in [9.17, 15) is 0 Å². The largest absolute Gasteiger partial charge is 0.255 e. The Hall–Kier alpha value is -2.30. The molecule has 0 aliphatic rings. The van der Waals surface area contributed by atoms with Crippen LogP contribution in [-0.2, 0) is 0 Å². The van der Waals surface area contributed by atoms with E-state index in [1.165, 1.54) is 0 Å². The number of nitrogens with zero attached hydrogens (tertiary/aromatic N) is 5. The molecule has 0 atom stereocenters. The summed E-state index contributed by atoms with van der Waals surface area (Å²) in [6, 6.07) is 11.4. The molecule has 0 radical (unpaired) electrons. The lowest BCUT2D eigenvalue weighted by Crippen LogP contribution is -1.95. The molecule has 0 N–H and O–H groups in total. The zero-order chi connectivity index (χ0) is 10.1. The summed E-state index contributed by atoms with van der Waals surface area (Å²) in [5.74, 6) is 0. The van der Waals surface area contributed by atoms with Crippen molar-refractivity contribution >= 4 is 5.65 Å². The molecular formula is C10H7N5. The third-order valence-corrected chi connectivity index (χ3v) is 2.15. The fourth-order valence-corrected chi connectivity index (χ4v) is 1.47. The summed E-state index contributed by atoms with van der Waals surface area (Å²) in [7, 11) is 0. The Morgan fingerprint density at radius 3 is 2.87 bits per heavy atom. The summed E-state index contributed by atoms with van der Waals surface area (Å²) >= 11 is 0. The van der Waals surface area contributed by atoms with E-state index in [2.05, 4.69) is 20.5 Å². The molecule has 0 saturated heterocycles. The second-order valence-corrected chi connectivity index (χ2v) is 3.07. The molecule has 3 rings (SSSR count). The van der Waals surface area contributed by atoms with Crippen molar-refractivity contribution in [2.24, 2.45) is 0 Å². The number of hydrogen-bond donors (Lipinski definition) is 0. The SMILES string of the molecule is c1ccc(-c2cccc3nnnn23)nc1. The number of fused-ring (bicyclic) bond motifs is 1. The third-order valence-electron chi connectivity index (χ3n) is 2.15. The summed E-state index contributed by atoms with van der Waals surface area (Å²) < 4.78 is 1.67. The molecule has 0 fully saturated rings. The van der Waals surface area contributed by atoms with Gasteiger partial charge in [-0.3, -0.25) is 4.98 Å². The van der Waals surface area contributed by atoms with Crippen molar-refractivity contribution in [1.82, 2.24) is 25.0 Å². The summed E-state index contributed by atoms with van der Waals surface area (Å²) in [5.41, 5.74) is 2.46. The predicted molar refractivity (Wildman–Crippen MR) is 54.0 cm³/mol. The van der Waals surface area contributed by atoms with Gasteiger partial charge in [-0.15, -0.1) is 5.10 Å². The van der Waals surface area contributed by atoms with Gasteiger partial charge in [0.1, 0.15) is 0 Å². The molecule has 5 nitrogen and oxygen atoms in total. The first kappa shape index (κ1) is 8.05. The van der Waals surface area contributed by atoms with Crippen LogP contribution in [0.25, 0.3) is 17.0 Å². The molecule has 0 spiro atoms. The van der Waals surface area contributed by atoms with E-state index in [0.29, 0.717) is 0 Å². The van der Waals surface area contributed by atoms with E-state index in [1.54, 1.807) is 10.7 Å². The molecule has 0 bridgehead atoms. The average Bonchev–Trinajstić information content (AvgIpc) is 2.78. The molecule has 3 aromatic heterocycles. The highest BCUT2D eigenvalue weighted by Crippen LogP contribution is 2.15. The van der Waals surface area contributed by atoms with Gasteiger partial charge in [0, 0.05) is 6.20 Å². The number of aromatic nitrogens is 5. The van der Waals surface area contributed by atoms with Crippen molar-refractivity contribution < 1.29 is 0 Å². The number of tetrazole rings is 1. The molecular weight excluding hydrogens is 190 g/mol. The van der Waals surface area contributed by atoms with Crippen LogP contribution in [0.5, 0.6) is 0 Å². The van der Waals surface area contributed by atoms with E-state index in [1.807, 2.05) is 36.4 Å². The molecule has 0 aliphatic heterocycles. The topological polar surface area (TPSA) is 56.0 Å². The monoisotopic (exact) mass is 197 g/mol. The summed E-state index contributed by atoms with van der Waals surface area (Å²) in [6.45, 7) is 0. The zero-order valence-corrected chi connectivity index (χ0v) is 7.78. The summed E-state index contributed by atoms with van der Waals surface area (Å²) in [5, 5.41) is 11.4. The van der Waals surface area contributed by atoms with Gasteiger partial charge in [0.05, 0.1) is 11.4 Å². The fourth-order valence-electron chi connectivity index (χ4n) is 1.47. The van der Waals surface area contributed by atoms with Crippen LogP contribution in [0.15, 0.2) is 42.6 Å². The maximum Gasteiger partial charge on any atom is 0.180 e. The molecule has 0 amide bonds. The molecule has 15 heavy (non-hydrogen) atoms. The lowest BCUT2D eigenvalue weighted by Gasteiger charge is -2.00. The molecule has 0 saturated carbocycles. The zero-order valence-electron chi connectivity index (χ0n) is 7.78. The maximum absolute atomic E-state index is 4.26. The van der Waals surface area contributed by atoms with Gasteiger partial charge in [0.25, 0.3) is 0 Å². The van der Waals surface area contributed by atoms with Crippen molar-refractivity contribution in [2.75, 3.05) is 0 Å². The van der Waals surface area contributed by atoms with Crippen LogP contribution in [0.3, 0.4) is 0 Å².